The number of nitrogens with zero attached hydrogens (tertiary/aromatic N) is 1. The van der Waals surface area contributed by atoms with Gasteiger partial charge in [-0.2, -0.15) is 0 Å². The molecule has 0 heterocycles. The fraction of sp³-hybridized carbons (Fsp3) is 0.235. The number of guanidine groups is 1. The highest BCUT2D eigenvalue weighted by Crippen LogP contribution is 2.29. The van der Waals surface area contributed by atoms with Gasteiger partial charge in [0.15, 0.2) is 17.5 Å². The number of halogens is 1. The Labute approximate surface area is 140 Å². The number of benzene rings is 2. The Balaban J connectivity index is 2.08. The first kappa shape index (κ1) is 17.4. The maximum atomic E-state index is 13.4. The summed E-state index contributed by atoms with van der Waals surface area (Å²) in [6, 6.07) is 9.68. The Hall–Kier alpha value is -2.96. The zero-order chi connectivity index (χ0) is 17.5. The van der Waals surface area contributed by atoms with Crippen molar-refractivity contribution in [2.24, 2.45) is 10.7 Å². The Morgan fingerprint density at radius 1 is 1.04 bits per heavy atom. The van der Waals surface area contributed by atoms with Gasteiger partial charge < -0.3 is 25.3 Å². The molecule has 0 aliphatic carbocycles. The quantitative estimate of drug-likeness (QED) is 0.628. The molecule has 0 bridgehead atoms. The molecule has 2 aromatic rings. The molecule has 0 amide bonds. The van der Waals surface area contributed by atoms with Crippen LogP contribution in [0.15, 0.2) is 41.4 Å². The van der Waals surface area contributed by atoms with E-state index < -0.39 is 0 Å². The molecule has 0 saturated heterocycles. The molecule has 0 spiro atoms. The number of nitrogens with one attached hydrogen (secondary N) is 1. The molecule has 0 radical (unpaired) electrons. The highest BCUT2D eigenvalue weighted by Gasteiger charge is 2.05. The van der Waals surface area contributed by atoms with Crippen LogP contribution in [-0.4, -0.2) is 27.3 Å². The van der Waals surface area contributed by atoms with Crippen molar-refractivity contribution in [3.63, 3.8) is 0 Å². The lowest BCUT2D eigenvalue weighted by Crippen LogP contribution is -2.22. The van der Waals surface area contributed by atoms with Crippen molar-refractivity contribution in [1.29, 1.82) is 0 Å². The molecule has 0 fully saturated rings. The zero-order valence-corrected chi connectivity index (χ0v) is 13.8. The number of methoxy groups -OCH3 is 3. The summed E-state index contributed by atoms with van der Waals surface area (Å²) >= 11 is 0. The largest absolute Gasteiger partial charge is 0.497 e. The maximum Gasteiger partial charge on any atom is 0.193 e. The summed E-state index contributed by atoms with van der Waals surface area (Å²) in [4.78, 5) is 4.19. The number of rotatable bonds is 6. The molecule has 3 N–H and O–H groups in total. The molecule has 2 aromatic carbocycles. The van der Waals surface area contributed by atoms with Crippen LogP contribution in [0.25, 0.3) is 0 Å². The fourth-order valence-electron chi connectivity index (χ4n) is 2.11. The lowest BCUT2D eigenvalue weighted by atomic mass is 10.2. The molecule has 0 saturated carbocycles. The van der Waals surface area contributed by atoms with Crippen LogP contribution in [0.3, 0.4) is 0 Å². The van der Waals surface area contributed by atoms with Crippen LogP contribution in [0.1, 0.15) is 5.56 Å². The first-order chi connectivity index (χ1) is 11.5. The normalized spacial score (nSPS) is 11.1. The van der Waals surface area contributed by atoms with Gasteiger partial charge in [0.2, 0.25) is 0 Å². The number of hydrogen-bond acceptors (Lipinski definition) is 4. The van der Waals surface area contributed by atoms with Gasteiger partial charge in [-0.05, 0) is 29.8 Å². The summed E-state index contributed by atoms with van der Waals surface area (Å²) in [5.74, 6) is 1.44. The van der Waals surface area contributed by atoms with Crippen LogP contribution in [0.5, 0.6) is 17.2 Å². The van der Waals surface area contributed by atoms with Crippen molar-refractivity contribution in [2.75, 3.05) is 26.6 Å². The molecule has 128 valence electrons. The molecule has 6 nitrogen and oxygen atoms in total. The van der Waals surface area contributed by atoms with E-state index in [1.807, 2.05) is 0 Å². The minimum atomic E-state index is -0.383. The summed E-state index contributed by atoms with van der Waals surface area (Å²) in [6.45, 7) is 0.222. The standard InChI is InChI=1S/C17H20FN3O3/c1-22-14-7-11(6-12(18)8-14)10-20-17(19)21-13-4-5-15(23-2)16(9-13)24-3/h4-9H,10H2,1-3H3,(H3,19,20,21). The summed E-state index contributed by atoms with van der Waals surface area (Å²) < 4.78 is 28.9. The van der Waals surface area contributed by atoms with Gasteiger partial charge in [-0.15, -0.1) is 0 Å². The minimum Gasteiger partial charge on any atom is -0.497 e. The summed E-state index contributed by atoms with van der Waals surface area (Å²) in [5, 5.41) is 2.95. The molecule has 7 heteroatoms. The topological polar surface area (TPSA) is 78.1 Å². The van der Waals surface area contributed by atoms with Crippen molar-refractivity contribution in [2.45, 2.75) is 6.54 Å². The van der Waals surface area contributed by atoms with Gasteiger partial charge in [-0.25, -0.2) is 9.38 Å². The lowest BCUT2D eigenvalue weighted by Gasteiger charge is -2.11. The Morgan fingerprint density at radius 2 is 1.79 bits per heavy atom. The summed E-state index contributed by atoms with van der Waals surface area (Å²) in [6.07, 6.45) is 0. The molecule has 24 heavy (non-hydrogen) atoms. The molecule has 0 aromatic heterocycles. The number of aliphatic imine (C=N–C) groups is 1. The molecule has 0 atom stereocenters. The predicted octanol–water partition coefficient (Wildman–Crippen LogP) is 2.78. The third-order valence-corrected chi connectivity index (χ3v) is 3.25. The molecule has 0 aliphatic rings. The van der Waals surface area contributed by atoms with Gasteiger partial charge in [0.05, 0.1) is 27.9 Å². The number of ether oxygens (including phenoxy) is 3. The number of nitrogens with two attached hydrogens (primary N) is 1. The van der Waals surface area contributed by atoms with Gasteiger partial charge in [0, 0.05) is 17.8 Å². The van der Waals surface area contributed by atoms with E-state index in [2.05, 4.69) is 10.3 Å². The van der Waals surface area contributed by atoms with E-state index in [0.717, 1.165) is 0 Å². The van der Waals surface area contributed by atoms with Crippen molar-refractivity contribution in [1.82, 2.24) is 0 Å². The van der Waals surface area contributed by atoms with Gasteiger partial charge in [-0.3, -0.25) is 0 Å². The predicted molar refractivity (Wildman–Crippen MR) is 91.4 cm³/mol. The van der Waals surface area contributed by atoms with E-state index in [-0.39, 0.29) is 18.3 Å². The molecule has 2 rings (SSSR count). The molecular weight excluding hydrogens is 313 g/mol. The van der Waals surface area contributed by atoms with Crippen molar-refractivity contribution < 1.29 is 18.6 Å². The first-order valence-electron chi connectivity index (χ1n) is 7.18. The van der Waals surface area contributed by atoms with E-state index in [1.54, 1.807) is 38.5 Å². The maximum absolute atomic E-state index is 13.4. The molecule has 0 unspecified atom stereocenters. The van der Waals surface area contributed by atoms with Gasteiger partial charge in [0.25, 0.3) is 0 Å². The average Bonchev–Trinajstić information content (AvgIpc) is 2.59. The Bertz CT molecular complexity index is 735. The monoisotopic (exact) mass is 333 g/mol. The van der Waals surface area contributed by atoms with Crippen molar-refractivity contribution in [3.8, 4) is 17.2 Å². The van der Waals surface area contributed by atoms with Crippen LogP contribution in [0.4, 0.5) is 10.1 Å². The highest BCUT2D eigenvalue weighted by molar-refractivity contribution is 5.92. The lowest BCUT2D eigenvalue weighted by molar-refractivity contribution is 0.355. The van der Waals surface area contributed by atoms with Crippen LogP contribution in [-0.2, 0) is 6.54 Å². The second-order valence-electron chi connectivity index (χ2n) is 4.90. The average molecular weight is 333 g/mol. The highest BCUT2D eigenvalue weighted by atomic mass is 19.1. The first-order valence-corrected chi connectivity index (χ1v) is 7.18. The van der Waals surface area contributed by atoms with Crippen LogP contribution in [0.2, 0.25) is 0 Å². The van der Waals surface area contributed by atoms with Crippen molar-refractivity contribution in [3.05, 3.63) is 47.8 Å². The smallest absolute Gasteiger partial charge is 0.193 e. The van der Waals surface area contributed by atoms with E-state index in [0.29, 0.717) is 28.5 Å². The Morgan fingerprint density at radius 3 is 2.46 bits per heavy atom. The van der Waals surface area contributed by atoms with Crippen LogP contribution >= 0.6 is 0 Å². The summed E-state index contributed by atoms with van der Waals surface area (Å²) in [7, 11) is 4.60. The molecular formula is C17H20FN3O3. The van der Waals surface area contributed by atoms with E-state index in [1.165, 1.54) is 19.2 Å². The Kier molecular flexibility index (Phi) is 5.83. The second kappa shape index (κ2) is 8.05. The zero-order valence-electron chi connectivity index (χ0n) is 13.8. The van der Waals surface area contributed by atoms with Crippen LogP contribution < -0.4 is 25.3 Å². The van der Waals surface area contributed by atoms with Gasteiger partial charge in [-0.1, -0.05) is 0 Å². The van der Waals surface area contributed by atoms with E-state index in [9.17, 15) is 4.39 Å². The van der Waals surface area contributed by atoms with E-state index in [4.69, 9.17) is 19.9 Å². The third kappa shape index (κ3) is 4.52. The number of anilines is 1. The van der Waals surface area contributed by atoms with E-state index >= 15 is 0 Å². The van der Waals surface area contributed by atoms with Gasteiger partial charge in [0.1, 0.15) is 11.6 Å². The minimum absolute atomic E-state index is 0.199. The molecule has 0 aliphatic heterocycles. The van der Waals surface area contributed by atoms with Crippen molar-refractivity contribution >= 4 is 11.6 Å². The summed E-state index contributed by atoms with van der Waals surface area (Å²) in [5.41, 5.74) is 7.22. The SMILES string of the molecule is COc1cc(F)cc(CN=C(N)Nc2ccc(OC)c(OC)c2)c1. The number of hydrogen-bond donors (Lipinski definition) is 2. The van der Waals surface area contributed by atoms with Gasteiger partial charge >= 0.3 is 0 Å². The fourth-order valence-corrected chi connectivity index (χ4v) is 2.11. The second-order valence-corrected chi connectivity index (χ2v) is 4.90. The van der Waals surface area contributed by atoms with Crippen LogP contribution in [0, 0.1) is 5.82 Å². The third-order valence-electron chi connectivity index (χ3n) is 3.25.